The fraction of sp³-hybridized carbons (Fsp3) is 0.692. The van der Waals surface area contributed by atoms with Crippen LogP contribution in [0.3, 0.4) is 0 Å². The highest BCUT2D eigenvalue weighted by molar-refractivity contribution is 5.92. The number of hydrogen-bond acceptors (Lipinski definition) is 3. The lowest BCUT2D eigenvalue weighted by Gasteiger charge is -2.34. The lowest BCUT2D eigenvalue weighted by molar-refractivity contribution is 0.0637. The lowest BCUT2D eigenvalue weighted by atomic mass is 10.1. The van der Waals surface area contributed by atoms with Crippen molar-refractivity contribution in [3.05, 3.63) is 18.0 Å². The van der Waals surface area contributed by atoms with Crippen molar-refractivity contribution in [3.8, 4) is 0 Å². The molecular formula is C13H22N4O. The quantitative estimate of drug-likeness (QED) is 0.868. The summed E-state index contributed by atoms with van der Waals surface area (Å²) in [5, 5.41) is 7.45. The van der Waals surface area contributed by atoms with Crippen molar-refractivity contribution in [2.75, 3.05) is 19.6 Å². The van der Waals surface area contributed by atoms with Crippen LogP contribution in [0.15, 0.2) is 12.3 Å². The number of carbonyl (C=O) groups is 1. The fourth-order valence-corrected chi connectivity index (χ4v) is 2.52. The highest BCUT2D eigenvalue weighted by atomic mass is 16.2. The minimum atomic E-state index is 0.102. The summed E-state index contributed by atoms with van der Waals surface area (Å²) in [5.74, 6) is 0.102. The van der Waals surface area contributed by atoms with Gasteiger partial charge in [-0.2, -0.15) is 5.10 Å². The number of aromatic nitrogens is 2. The first kappa shape index (κ1) is 13.1. The minimum absolute atomic E-state index is 0.102. The van der Waals surface area contributed by atoms with Crippen LogP contribution in [0.25, 0.3) is 0 Å². The molecule has 1 aliphatic heterocycles. The molecule has 18 heavy (non-hydrogen) atoms. The van der Waals surface area contributed by atoms with Crippen molar-refractivity contribution in [3.63, 3.8) is 0 Å². The number of piperidine rings is 1. The molecule has 1 atom stereocenters. The molecule has 2 heterocycles. The topological polar surface area (TPSA) is 50.2 Å². The summed E-state index contributed by atoms with van der Waals surface area (Å²) < 4.78 is 1.65. The van der Waals surface area contributed by atoms with Gasteiger partial charge in [0.05, 0.1) is 0 Å². The molecule has 1 saturated heterocycles. The zero-order valence-corrected chi connectivity index (χ0v) is 11.2. The van der Waals surface area contributed by atoms with Gasteiger partial charge in [-0.15, -0.1) is 0 Å². The van der Waals surface area contributed by atoms with E-state index in [9.17, 15) is 4.79 Å². The van der Waals surface area contributed by atoms with Crippen molar-refractivity contribution in [2.24, 2.45) is 7.05 Å². The molecule has 0 bridgehead atoms. The van der Waals surface area contributed by atoms with Gasteiger partial charge in [-0.1, -0.05) is 6.92 Å². The van der Waals surface area contributed by atoms with E-state index in [1.165, 1.54) is 0 Å². The van der Waals surface area contributed by atoms with E-state index < -0.39 is 0 Å². The highest BCUT2D eigenvalue weighted by Crippen LogP contribution is 2.14. The van der Waals surface area contributed by atoms with E-state index in [1.807, 2.05) is 11.9 Å². The molecule has 5 heteroatoms. The molecule has 5 nitrogen and oxygen atoms in total. The van der Waals surface area contributed by atoms with Crippen molar-refractivity contribution in [2.45, 2.75) is 32.2 Å². The second-order valence-corrected chi connectivity index (χ2v) is 4.84. The van der Waals surface area contributed by atoms with Crippen molar-refractivity contribution >= 4 is 5.91 Å². The smallest absolute Gasteiger partial charge is 0.272 e. The molecule has 1 amide bonds. The van der Waals surface area contributed by atoms with Gasteiger partial charge in [-0.3, -0.25) is 9.48 Å². The fourth-order valence-electron chi connectivity index (χ4n) is 2.52. The average Bonchev–Trinajstić information content (AvgIpc) is 2.82. The largest absolute Gasteiger partial charge is 0.333 e. The van der Waals surface area contributed by atoms with Crippen LogP contribution in [-0.4, -0.2) is 46.3 Å². The molecule has 1 N–H and O–H groups in total. The second kappa shape index (κ2) is 6.00. The van der Waals surface area contributed by atoms with E-state index >= 15 is 0 Å². The third-order valence-electron chi connectivity index (χ3n) is 3.48. The molecule has 0 spiro atoms. The normalized spacial score (nSPS) is 19.8. The summed E-state index contributed by atoms with van der Waals surface area (Å²) in [6.07, 6.45) is 4.90. The second-order valence-electron chi connectivity index (χ2n) is 4.84. The Hall–Kier alpha value is -1.36. The van der Waals surface area contributed by atoms with Gasteiger partial charge in [0, 0.05) is 32.4 Å². The first-order valence-electron chi connectivity index (χ1n) is 6.73. The third-order valence-corrected chi connectivity index (χ3v) is 3.48. The van der Waals surface area contributed by atoms with Gasteiger partial charge in [-0.05, 0) is 31.9 Å². The molecule has 1 aromatic rings. The number of aryl methyl sites for hydroxylation is 1. The maximum absolute atomic E-state index is 12.6. The summed E-state index contributed by atoms with van der Waals surface area (Å²) in [7, 11) is 1.82. The molecule has 1 aliphatic rings. The van der Waals surface area contributed by atoms with Gasteiger partial charge in [0.2, 0.25) is 0 Å². The van der Waals surface area contributed by atoms with Crippen LogP contribution in [0.5, 0.6) is 0 Å². The van der Waals surface area contributed by atoms with Crippen LogP contribution in [0.4, 0.5) is 0 Å². The number of amides is 1. The number of hydrogen-bond donors (Lipinski definition) is 1. The Morgan fingerprint density at radius 2 is 2.50 bits per heavy atom. The zero-order chi connectivity index (χ0) is 13.0. The van der Waals surface area contributed by atoms with Crippen molar-refractivity contribution < 1.29 is 4.79 Å². The van der Waals surface area contributed by atoms with Crippen LogP contribution < -0.4 is 5.32 Å². The highest BCUT2D eigenvalue weighted by Gasteiger charge is 2.26. The van der Waals surface area contributed by atoms with Gasteiger partial charge in [-0.25, -0.2) is 0 Å². The average molecular weight is 250 g/mol. The summed E-state index contributed by atoms with van der Waals surface area (Å²) in [4.78, 5) is 14.6. The van der Waals surface area contributed by atoms with Gasteiger partial charge in [0.25, 0.3) is 5.91 Å². The predicted octanol–water partition coefficient (Wildman–Crippen LogP) is 1.02. The Kier molecular flexibility index (Phi) is 4.36. The maximum Gasteiger partial charge on any atom is 0.272 e. The molecule has 1 unspecified atom stereocenters. The molecule has 0 aromatic carbocycles. The standard InChI is InChI=1S/C13H22N4O/c1-3-9-17(11-5-4-7-14-10-11)13(18)12-6-8-15-16(12)2/h6,8,11,14H,3-5,7,9-10H2,1-2H3. The lowest BCUT2D eigenvalue weighted by Crippen LogP contribution is -2.49. The Balaban J connectivity index is 2.13. The SMILES string of the molecule is CCCN(C(=O)c1ccnn1C)C1CCCNC1. The van der Waals surface area contributed by atoms with Crippen molar-refractivity contribution in [1.82, 2.24) is 20.0 Å². The monoisotopic (exact) mass is 250 g/mol. The molecular weight excluding hydrogens is 228 g/mol. The first-order chi connectivity index (χ1) is 8.74. The Morgan fingerprint density at radius 1 is 1.67 bits per heavy atom. The van der Waals surface area contributed by atoms with Crippen molar-refractivity contribution in [1.29, 1.82) is 0 Å². The van der Waals surface area contributed by atoms with E-state index in [0.717, 1.165) is 38.9 Å². The molecule has 1 fully saturated rings. The predicted molar refractivity (Wildman–Crippen MR) is 70.4 cm³/mol. The van der Waals surface area contributed by atoms with E-state index in [4.69, 9.17) is 0 Å². The molecule has 0 radical (unpaired) electrons. The van der Waals surface area contributed by atoms with E-state index in [-0.39, 0.29) is 5.91 Å². The number of carbonyl (C=O) groups excluding carboxylic acids is 1. The Morgan fingerprint density at radius 3 is 3.06 bits per heavy atom. The molecule has 2 rings (SSSR count). The summed E-state index contributed by atoms with van der Waals surface area (Å²) in [6.45, 7) is 4.90. The van der Waals surface area contributed by atoms with E-state index in [1.54, 1.807) is 16.9 Å². The molecule has 1 aromatic heterocycles. The first-order valence-corrected chi connectivity index (χ1v) is 6.73. The van der Waals surface area contributed by atoms with Crippen LogP contribution in [-0.2, 0) is 7.05 Å². The summed E-state index contributed by atoms with van der Waals surface area (Å²) >= 11 is 0. The Labute approximate surface area is 108 Å². The van der Waals surface area contributed by atoms with Gasteiger partial charge >= 0.3 is 0 Å². The van der Waals surface area contributed by atoms with Crippen LogP contribution in [0.1, 0.15) is 36.7 Å². The van der Waals surface area contributed by atoms with Crippen LogP contribution in [0.2, 0.25) is 0 Å². The van der Waals surface area contributed by atoms with Gasteiger partial charge < -0.3 is 10.2 Å². The number of nitrogens with zero attached hydrogens (tertiary/aromatic N) is 3. The molecule has 100 valence electrons. The summed E-state index contributed by atoms with van der Waals surface area (Å²) in [5.41, 5.74) is 0.675. The zero-order valence-electron chi connectivity index (χ0n) is 11.2. The Bertz CT molecular complexity index is 395. The maximum atomic E-state index is 12.6. The summed E-state index contributed by atoms with van der Waals surface area (Å²) in [6, 6.07) is 2.11. The number of nitrogens with one attached hydrogen (secondary N) is 1. The van der Waals surface area contributed by atoms with E-state index in [0.29, 0.717) is 11.7 Å². The minimum Gasteiger partial charge on any atom is -0.333 e. The van der Waals surface area contributed by atoms with E-state index in [2.05, 4.69) is 17.3 Å². The number of rotatable bonds is 4. The molecule has 0 saturated carbocycles. The molecule has 0 aliphatic carbocycles. The van der Waals surface area contributed by atoms with Gasteiger partial charge in [0.15, 0.2) is 0 Å². The van der Waals surface area contributed by atoms with Crippen LogP contribution >= 0.6 is 0 Å². The van der Waals surface area contributed by atoms with Crippen LogP contribution in [0, 0.1) is 0 Å². The third kappa shape index (κ3) is 2.72. The van der Waals surface area contributed by atoms with Gasteiger partial charge in [0.1, 0.15) is 5.69 Å².